The number of anilines is 1. The molecule has 1 heterocycles. The van der Waals surface area contributed by atoms with E-state index in [0.717, 1.165) is 11.3 Å². The molecule has 9 heteroatoms. The average molecular weight is 514 g/mol. The molecule has 0 fully saturated rings. The molecule has 0 saturated carbocycles. The van der Waals surface area contributed by atoms with E-state index in [0.29, 0.717) is 38.7 Å². The van der Waals surface area contributed by atoms with E-state index in [9.17, 15) is 14.9 Å². The summed E-state index contributed by atoms with van der Waals surface area (Å²) in [4.78, 5) is 26.9. The molecule has 0 atom stereocenters. The number of nitrogens with one attached hydrogen (secondary N) is 1. The van der Waals surface area contributed by atoms with Crippen LogP contribution in [0.15, 0.2) is 77.6 Å². The molecule has 0 aliphatic heterocycles. The minimum atomic E-state index is -0.663. The van der Waals surface area contributed by atoms with Gasteiger partial charge in [-0.25, -0.2) is 0 Å². The number of thiazole rings is 1. The largest absolute Gasteiger partial charge is 0.497 e. The Kier molecular flexibility index (Phi) is 7.71. The molecule has 0 aliphatic carbocycles. The number of rotatable bonds is 7. The normalized spacial score (nSPS) is 11.9. The quantitative estimate of drug-likeness (QED) is 0.408. The maximum Gasteiger partial charge on any atom is 0.273 e. The number of nitrogens with zero attached hydrogens (tertiary/aromatic N) is 2. The second-order valence-corrected chi connectivity index (χ2v) is 8.67. The fraction of sp³-hybridized carbons (Fsp3) is 0.107. The Bertz CT molecular complexity index is 1670. The summed E-state index contributed by atoms with van der Waals surface area (Å²) in [5.41, 5.74) is 0.946. The van der Waals surface area contributed by atoms with Crippen LogP contribution in [0.2, 0.25) is 0 Å². The Morgan fingerprint density at radius 2 is 1.65 bits per heavy atom. The molecule has 186 valence electrons. The van der Waals surface area contributed by atoms with Crippen LogP contribution in [0.3, 0.4) is 0 Å². The number of carbonyl (C=O) groups is 1. The molecule has 8 nitrogen and oxygen atoms in total. The number of ether oxygens (including phenoxy) is 3. The highest BCUT2D eigenvalue weighted by Gasteiger charge is 2.18. The molecule has 0 saturated heterocycles. The first-order valence-electron chi connectivity index (χ1n) is 11.1. The van der Waals surface area contributed by atoms with E-state index >= 15 is 0 Å². The van der Waals surface area contributed by atoms with Gasteiger partial charge in [0.2, 0.25) is 0 Å². The summed E-state index contributed by atoms with van der Waals surface area (Å²) in [7, 11) is 4.57. The highest BCUT2D eigenvalue weighted by Crippen LogP contribution is 2.25. The van der Waals surface area contributed by atoms with E-state index in [-0.39, 0.29) is 15.8 Å². The first-order valence-corrected chi connectivity index (χ1v) is 11.9. The van der Waals surface area contributed by atoms with Crippen LogP contribution in [0.4, 0.5) is 5.69 Å². The highest BCUT2D eigenvalue weighted by atomic mass is 32.1. The van der Waals surface area contributed by atoms with Gasteiger partial charge >= 0.3 is 0 Å². The van der Waals surface area contributed by atoms with Crippen LogP contribution in [0.1, 0.15) is 5.56 Å². The zero-order valence-electron chi connectivity index (χ0n) is 20.3. The van der Waals surface area contributed by atoms with Gasteiger partial charge in [-0.2, -0.15) is 5.26 Å². The Morgan fingerprint density at radius 1 is 0.946 bits per heavy atom. The topological polar surface area (TPSA) is 103 Å². The Hall–Kier alpha value is -4.81. The molecule has 1 aromatic heterocycles. The van der Waals surface area contributed by atoms with Crippen LogP contribution in [0, 0.1) is 11.3 Å². The predicted octanol–water partition coefficient (Wildman–Crippen LogP) is 3.07. The van der Waals surface area contributed by atoms with Crippen molar-refractivity contribution in [3.63, 3.8) is 0 Å². The van der Waals surface area contributed by atoms with Gasteiger partial charge in [-0.05, 0) is 48.5 Å². The summed E-state index contributed by atoms with van der Waals surface area (Å²) in [6.45, 7) is 0. The molecule has 3 aromatic carbocycles. The number of hydrogen-bond acceptors (Lipinski definition) is 7. The maximum atomic E-state index is 13.6. The number of hydrogen-bond donors (Lipinski definition) is 1. The van der Waals surface area contributed by atoms with Gasteiger partial charge in [-0.1, -0.05) is 30.3 Å². The van der Waals surface area contributed by atoms with Crippen LogP contribution >= 0.6 is 11.3 Å². The Morgan fingerprint density at radius 3 is 2.32 bits per heavy atom. The number of para-hydroxylation sites is 3. The van der Waals surface area contributed by atoms with Crippen molar-refractivity contribution in [2.75, 3.05) is 26.6 Å². The van der Waals surface area contributed by atoms with Gasteiger partial charge in [0.15, 0.2) is 5.57 Å². The highest BCUT2D eigenvalue weighted by molar-refractivity contribution is 7.07. The lowest BCUT2D eigenvalue weighted by Crippen LogP contribution is -2.32. The summed E-state index contributed by atoms with van der Waals surface area (Å²) in [5, 5.41) is 12.8. The molecule has 1 amide bonds. The van der Waals surface area contributed by atoms with Crippen LogP contribution in [-0.4, -0.2) is 31.8 Å². The standard InChI is InChI=1S/C28H23N3O5S/c1-34-20-13-14-23(35-2)18(15-20)16-25-27(33)31(19-9-5-4-6-10-19)28(37-25)21(17-29)26(32)30-22-11-7-8-12-24(22)36-3/h4-16H,1-3H3,(H,30,32)/b25-16+,28-21-. The molecule has 37 heavy (non-hydrogen) atoms. The molecule has 4 aromatic rings. The Labute approximate surface area is 216 Å². The molecule has 0 bridgehead atoms. The number of nitriles is 1. The number of methoxy groups -OCH3 is 3. The zero-order chi connectivity index (χ0) is 26.4. The lowest BCUT2D eigenvalue weighted by molar-refractivity contribution is -0.111. The third-order valence-corrected chi connectivity index (χ3v) is 6.56. The van der Waals surface area contributed by atoms with E-state index < -0.39 is 5.91 Å². The minimum Gasteiger partial charge on any atom is -0.497 e. The third kappa shape index (κ3) is 5.24. The van der Waals surface area contributed by atoms with Crippen molar-refractivity contribution in [2.45, 2.75) is 0 Å². The number of benzene rings is 3. The van der Waals surface area contributed by atoms with Gasteiger partial charge in [0, 0.05) is 5.56 Å². The van der Waals surface area contributed by atoms with Crippen LogP contribution in [-0.2, 0) is 4.79 Å². The van der Waals surface area contributed by atoms with Gasteiger partial charge in [0.25, 0.3) is 11.5 Å². The lowest BCUT2D eigenvalue weighted by atomic mass is 10.2. The Balaban J connectivity index is 1.98. The van der Waals surface area contributed by atoms with Crippen molar-refractivity contribution in [3.05, 3.63) is 97.9 Å². The molecule has 0 radical (unpaired) electrons. The summed E-state index contributed by atoms with van der Waals surface area (Å²) in [5.74, 6) is 0.912. The van der Waals surface area contributed by atoms with Crippen molar-refractivity contribution in [1.29, 1.82) is 5.26 Å². The van der Waals surface area contributed by atoms with Crippen molar-refractivity contribution >= 4 is 34.6 Å². The maximum absolute atomic E-state index is 13.6. The number of amides is 1. The van der Waals surface area contributed by atoms with Crippen molar-refractivity contribution in [1.82, 2.24) is 4.57 Å². The fourth-order valence-corrected chi connectivity index (χ4v) is 4.78. The number of carbonyl (C=O) groups excluding carboxylic acids is 1. The minimum absolute atomic E-state index is 0.194. The van der Waals surface area contributed by atoms with Gasteiger partial charge in [0.05, 0.1) is 37.2 Å². The summed E-state index contributed by atoms with van der Waals surface area (Å²) < 4.78 is 17.9. The molecule has 0 aliphatic rings. The zero-order valence-corrected chi connectivity index (χ0v) is 21.2. The SMILES string of the molecule is COc1ccc(OC)c(/C=c2/s/c(=C(/C#N)C(=O)Nc3ccccc3OC)n(-c3ccccc3)c2=O)c1. The smallest absolute Gasteiger partial charge is 0.273 e. The third-order valence-electron chi connectivity index (χ3n) is 5.47. The first-order chi connectivity index (χ1) is 18.0. The van der Waals surface area contributed by atoms with Crippen LogP contribution in [0.25, 0.3) is 17.3 Å². The molecule has 0 spiro atoms. The fourth-order valence-electron chi connectivity index (χ4n) is 3.68. The summed E-state index contributed by atoms with van der Waals surface area (Å²) >= 11 is 1.04. The van der Waals surface area contributed by atoms with E-state index in [2.05, 4.69) is 5.32 Å². The van der Waals surface area contributed by atoms with E-state index in [1.165, 1.54) is 18.8 Å². The van der Waals surface area contributed by atoms with Crippen LogP contribution in [0.5, 0.6) is 17.2 Å². The van der Waals surface area contributed by atoms with Gasteiger partial charge < -0.3 is 19.5 Å². The molecular weight excluding hydrogens is 490 g/mol. The van der Waals surface area contributed by atoms with E-state index in [1.54, 1.807) is 79.9 Å². The van der Waals surface area contributed by atoms with Gasteiger partial charge in [-0.15, -0.1) is 11.3 Å². The second kappa shape index (κ2) is 11.3. The predicted molar refractivity (Wildman–Crippen MR) is 143 cm³/mol. The van der Waals surface area contributed by atoms with Crippen molar-refractivity contribution in [3.8, 4) is 29.0 Å². The summed E-state index contributed by atoms with van der Waals surface area (Å²) in [6.07, 6.45) is 1.66. The lowest BCUT2D eigenvalue weighted by Gasteiger charge is -2.09. The average Bonchev–Trinajstić information content (AvgIpc) is 3.24. The molecule has 1 N–H and O–H groups in total. The van der Waals surface area contributed by atoms with Gasteiger partial charge in [-0.3, -0.25) is 14.2 Å². The van der Waals surface area contributed by atoms with E-state index in [4.69, 9.17) is 14.2 Å². The summed E-state index contributed by atoms with van der Waals surface area (Å²) in [6, 6.07) is 22.9. The van der Waals surface area contributed by atoms with Crippen molar-refractivity contribution < 1.29 is 19.0 Å². The van der Waals surface area contributed by atoms with Crippen molar-refractivity contribution in [2.24, 2.45) is 0 Å². The molecular formula is C28H23N3O5S. The van der Waals surface area contributed by atoms with Crippen LogP contribution < -0.4 is 34.3 Å². The van der Waals surface area contributed by atoms with Gasteiger partial charge in [0.1, 0.15) is 28.0 Å². The van der Waals surface area contributed by atoms with E-state index in [1.807, 2.05) is 12.1 Å². The second-order valence-electron chi connectivity index (χ2n) is 7.64. The monoisotopic (exact) mass is 513 g/mol. The number of aromatic nitrogens is 1. The molecule has 0 unspecified atom stereocenters. The first kappa shape index (κ1) is 25.3. The molecule has 4 rings (SSSR count).